The third kappa shape index (κ3) is 5.06. The van der Waals surface area contributed by atoms with Crippen molar-refractivity contribution in [1.29, 1.82) is 0 Å². The first kappa shape index (κ1) is 15.7. The van der Waals surface area contributed by atoms with Gasteiger partial charge in [-0.25, -0.2) is 0 Å². The van der Waals surface area contributed by atoms with E-state index in [0.29, 0.717) is 6.54 Å². The van der Waals surface area contributed by atoms with Crippen LogP contribution in [0.1, 0.15) is 18.1 Å². The molecule has 0 bridgehead atoms. The topological polar surface area (TPSA) is 61.7 Å². The number of aliphatic hydroxyl groups is 2. The molecule has 0 spiro atoms. The van der Waals surface area contributed by atoms with Gasteiger partial charge in [-0.2, -0.15) is 0 Å². The molecule has 0 aromatic heterocycles. The molecule has 0 aliphatic rings. The Morgan fingerprint density at radius 3 is 2.47 bits per heavy atom. The fraction of sp³-hybridized carbons (Fsp3) is 0.500. The highest BCUT2D eigenvalue weighted by Gasteiger charge is 2.33. The van der Waals surface area contributed by atoms with E-state index in [2.05, 4.69) is 10.1 Å². The monoisotopic (exact) mass is 279 g/mol. The highest BCUT2D eigenvalue weighted by atomic mass is 19.4. The molecule has 0 heterocycles. The molecule has 2 atom stereocenters. The second-order valence-corrected chi connectivity index (χ2v) is 3.99. The van der Waals surface area contributed by atoms with Crippen molar-refractivity contribution in [3.63, 3.8) is 0 Å². The fourth-order valence-corrected chi connectivity index (χ4v) is 1.60. The smallest absolute Gasteiger partial charge is 0.405 e. The molecule has 108 valence electrons. The van der Waals surface area contributed by atoms with Crippen molar-refractivity contribution >= 4 is 0 Å². The Kier molecular flexibility index (Phi) is 5.59. The van der Waals surface area contributed by atoms with Crippen molar-refractivity contribution < 1.29 is 28.1 Å². The number of nitrogens with one attached hydrogen (secondary N) is 1. The number of para-hydroxylation sites is 1. The predicted octanol–water partition coefficient (Wildman–Crippen LogP) is 1.59. The van der Waals surface area contributed by atoms with Crippen LogP contribution in [0.4, 0.5) is 13.2 Å². The second-order valence-electron chi connectivity index (χ2n) is 3.99. The normalized spacial score (nSPS) is 15.1. The predicted molar refractivity (Wildman–Crippen MR) is 62.6 cm³/mol. The number of aliphatic hydroxyl groups excluding tert-OH is 2. The summed E-state index contributed by atoms with van der Waals surface area (Å²) in [7, 11) is 1.67. The summed E-state index contributed by atoms with van der Waals surface area (Å²) in [5.41, 5.74) is -0.0940. The Morgan fingerprint density at radius 1 is 1.26 bits per heavy atom. The molecule has 0 radical (unpaired) electrons. The Morgan fingerprint density at radius 2 is 1.89 bits per heavy atom. The lowest BCUT2D eigenvalue weighted by molar-refractivity contribution is -0.275. The van der Waals surface area contributed by atoms with Crippen molar-refractivity contribution in [2.45, 2.75) is 25.0 Å². The number of hydrogen-bond donors (Lipinski definition) is 3. The van der Waals surface area contributed by atoms with Gasteiger partial charge in [0.05, 0.1) is 6.10 Å². The number of rotatable bonds is 6. The van der Waals surface area contributed by atoms with Crippen LogP contribution in [0.2, 0.25) is 0 Å². The molecular weight excluding hydrogens is 263 g/mol. The SMILES string of the molecule is CNCCC(O)C(O)c1ccccc1OC(F)(F)F. The molecule has 7 heteroatoms. The summed E-state index contributed by atoms with van der Waals surface area (Å²) >= 11 is 0. The van der Waals surface area contributed by atoms with Gasteiger partial charge in [-0.3, -0.25) is 0 Å². The van der Waals surface area contributed by atoms with Crippen molar-refractivity contribution in [1.82, 2.24) is 5.32 Å². The molecule has 4 nitrogen and oxygen atoms in total. The first-order valence-corrected chi connectivity index (χ1v) is 5.70. The number of hydrogen-bond acceptors (Lipinski definition) is 4. The molecule has 2 unspecified atom stereocenters. The quantitative estimate of drug-likeness (QED) is 0.740. The number of ether oxygens (including phenoxy) is 1. The van der Waals surface area contributed by atoms with Gasteiger partial charge >= 0.3 is 6.36 Å². The van der Waals surface area contributed by atoms with Gasteiger partial charge < -0.3 is 20.3 Å². The lowest BCUT2D eigenvalue weighted by atomic mass is 10.0. The molecule has 0 aliphatic heterocycles. The standard InChI is InChI=1S/C12H16F3NO3/c1-16-7-6-9(17)11(18)8-4-2-3-5-10(8)19-12(13,14)15/h2-5,9,11,16-18H,6-7H2,1H3. The minimum atomic E-state index is -4.84. The molecular formula is C12H16F3NO3. The highest BCUT2D eigenvalue weighted by molar-refractivity contribution is 5.35. The van der Waals surface area contributed by atoms with Crippen molar-refractivity contribution in [2.24, 2.45) is 0 Å². The third-order valence-electron chi connectivity index (χ3n) is 2.52. The molecule has 0 saturated carbocycles. The summed E-state index contributed by atoms with van der Waals surface area (Å²) in [6, 6.07) is 5.20. The van der Waals surface area contributed by atoms with Crippen LogP contribution in [0.15, 0.2) is 24.3 Å². The summed E-state index contributed by atoms with van der Waals surface area (Å²) < 4.78 is 40.5. The summed E-state index contributed by atoms with van der Waals surface area (Å²) in [4.78, 5) is 0. The number of halogens is 3. The van der Waals surface area contributed by atoms with Crippen molar-refractivity contribution in [3.8, 4) is 5.75 Å². The molecule has 1 rings (SSSR count). The van der Waals surface area contributed by atoms with Crippen LogP contribution >= 0.6 is 0 Å². The minimum absolute atomic E-state index is 0.0940. The molecule has 0 fully saturated rings. The average Bonchev–Trinajstić information content (AvgIpc) is 2.34. The van der Waals surface area contributed by atoms with Gasteiger partial charge in [-0.1, -0.05) is 18.2 Å². The molecule has 1 aromatic carbocycles. The maximum atomic E-state index is 12.2. The zero-order valence-corrected chi connectivity index (χ0v) is 10.3. The summed E-state index contributed by atoms with van der Waals surface area (Å²) in [5, 5.41) is 22.3. The second kappa shape index (κ2) is 6.74. The molecule has 3 N–H and O–H groups in total. The molecule has 0 aliphatic carbocycles. The Labute approximate surface area is 108 Å². The molecule has 19 heavy (non-hydrogen) atoms. The maximum Gasteiger partial charge on any atom is 0.573 e. The summed E-state index contributed by atoms with van der Waals surface area (Å²) in [6.45, 7) is 0.431. The lowest BCUT2D eigenvalue weighted by Crippen LogP contribution is -2.25. The van der Waals surface area contributed by atoms with Crippen LogP contribution in [-0.4, -0.2) is 36.3 Å². The zero-order chi connectivity index (χ0) is 14.5. The number of benzene rings is 1. The fourth-order valence-electron chi connectivity index (χ4n) is 1.60. The van der Waals surface area contributed by atoms with Gasteiger partial charge in [0.2, 0.25) is 0 Å². The van der Waals surface area contributed by atoms with Crippen molar-refractivity contribution in [2.75, 3.05) is 13.6 Å². The van der Waals surface area contributed by atoms with Crippen LogP contribution in [0.25, 0.3) is 0 Å². The van der Waals surface area contributed by atoms with E-state index in [1.54, 1.807) is 7.05 Å². The molecule has 0 saturated heterocycles. The highest BCUT2D eigenvalue weighted by Crippen LogP contribution is 2.32. The van der Waals surface area contributed by atoms with E-state index in [0.717, 1.165) is 6.07 Å². The van der Waals surface area contributed by atoms with E-state index >= 15 is 0 Å². The Bertz CT molecular complexity index is 398. The van der Waals surface area contributed by atoms with Crippen molar-refractivity contribution in [3.05, 3.63) is 29.8 Å². The first-order chi connectivity index (χ1) is 8.85. The van der Waals surface area contributed by atoms with Crippen LogP contribution in [-0.2, 0) is 0 Å². The third-order valence-corrected chi connectivity index (χ3v) is 2.52. The summed E-state index contributed by atoms with van der Waals surface area (Å²) in [5.74, 6) is -0.508. The zero-order valence-electron chi connectivity index (χ0n) is 10.3. The molecule has 1 aromatic rings. The Hall–Kier alpha value is -1.31. The van der Waals surface area contributed by atoms with Gasteiger partial charge in [0, 0.05) is 5.56 Å². The van der Waals surface area contributed by atoms with Gasteiger partial charge in [0.15, 0.2) is 0 Å². The summed E-state index contributed by atoms with van der Waals surface area (Å²) in [6.07, 6.45) is -7.25. The van der Waals surface area contributed by atoms with Crippen LogP contribution in [0.3, 0.4) is 0 Å². The van der Waals surface area contributed by atoms with Gasteiger partial charge in [-0.15, -0.1) is 13.2 Å². The lowest BCUT2D eigenvalue weighted by Gasteiger charge is -2.21. The van der Waals surface area contributed by atoms with Gasteiger partial charge in [0.1, 0.15) is 11.9 Å². The average molecular weight is 279 g/mol. The number of alkyl halides is 3. The van der Waals surface area contributed by atoms with E-state index in [1.807, 2.05) is 0 Å². The largest absolute Gasteiger partial charge is 0.573 e. The van der Waals surface area contributed by atoms with Gasteiger partial charge in [0.25, 0.3) is 0 Å². The minimum Gasteiger partial charge on any atom is -0.405 e. The van der Waals surface area contributed by atoms with Gasteiger partial charge in [-0.05, 0) is 26.1 Å². The maximum absolute atomic E-state index is 12.2. The van der Waals surface area contributed by atoms with E-state index in [1.165, 1.54) is 18.2 Å². The van der Waals surface area contributed by atoms with E-state index < -0.39 is 24.3 Å². The van der Waals surface area contributed by atoms with E-state index in [4.69, 9.17) is 0 Å². The Balaban J connectivity index is 2.87. The van der Waals surface area contributed by atoms with E-state index in [-0.39, 0.29) is 12.0 Å². The van der Waals surface area contributed by atoms with E-state index in [9.17, 15) is 23.4 Å². The molecule has 0 amide bonds. The van der Waals surface area contributed by atoms with Crippen LogP contribution in [0.5, 0.6) is 5.75 Å². The first-order valence-electron chi connectivity index (χ1n) is 5.70. The van der Waals surface area contributed by atoms with Crippen LogP contribution < -0.4 is 10.1 Å². The van der Waals surface area contributed by atoms with Crippen LogP contribution in [0, 0.1) is 0 Å².